The second-order valence-corrected chi connectivity index (χ2v) is 9.34. The first-order chi connectivity index (χ1) is 16.1. The summed E-state index contributed by atoms with van der Waals surface area (Å²) in [5.41, 5.74) is 7.60. The van der Waals surface area contributed by atoms with Crippen LogP contribution in [0.3, 0.4) is 0 Å². The molecule has 0 aliphatic carbocycles. The van der Waals surface area contributed by atoms with E-state index >= 15 is 0 Å². The highest BCUT2D eigenvalue weighted by Crippen LogP contribution is 2.43. The van der Waals surface area contributed by atoms with Gasteiger partial charge in [0, 0.05) is 12.0 Å². The van der Waals surface area contributed by atoms with Gasteiger partial charge in [0.25, 0.3) is 0 Å². The molecule has 2 nitrogen and oxygen atoms in total. The average molecular weight is 434 g/mol. The van der Waals surface area contributed by atoms with Crippen LogP contribution in [0, 0.1) is 6.92 Å². The Balaban J connectivity index is 1.44. The minimum absolute atomic E-state index is 0.0856. The van der Waals surface area contributed by atoms with Gasteiger partial charge in [0.1, 0.15) is 5.75 Å². The monoisotopic (exact) mass is 433 g/mol. The molecular formula is C31H31NO. The van der Waals surface area contributed by atoms with Crippen molar-refractivity contribution in [1.82, 2.24) is 4.90 Å². The minimum atomic E-state index is -0.0856. The Morgan fingerprint density at radius 1 is 0.697 bits per heavy atom. The van der Waals surface area contributed by atoms with E-state index in [2.05, 4.69) is 96.8 Å². The fourth-order valence-corrected chi connectivity index (χ4v) is 5.21. The molecular weight excluding hydrogens is 402 g/mol. The molecule has 5 rings (SSSR count). The molecule has 1 fully saturated rings. The molecule has 4 aromatic rings. The van der Waals surface area contributed by atoms with Crippen LogP contribution in [0.4, 0.5) is 0 Å². The maximum atomic E-state index is 10.3. The van der Waals surface area contributed by atoms with Crippen LogP contribution in [0.2, 0.25) is 0 Å². The Morgan fingerprint density at radius 2 is 1.33 bits per heavy atom. The number of aromatic hydroxyl groups is 1. The number of piperidine rings is 1. The Bertz CT molecular complexity index is 1190. The SMILES string of the molecule is Cc1ccc(-c2ccc(C3(c4cccc(O)c4)CCN(Cc4ccccc4)CC3)cc2)cc1. The average Bonchev–Trinajstić information content (AvgIpc) is 2.86. The summed E-state index contributed by atoms with van der Waals surface area (Å²) in [4.78, 5) is 2.55. The number of hydrogen-bond acceptors (Lipinski definition) is 2. The maximum Gasteiger partial charge on any atom is 0.115 e. The maximum absolute atomic E-state index is 10.3. The normalized spacial score (nSPS) is 15.9. The van der Waals surface area contributed by atoms with Crippen LogP contribution in [0.15, 0.2) is 103 Å². The van der Waals surface area contributed by atoms with Gasteiger partial charge < -0.3 is 5.11 Å². The molecule has 1 N–H and O–H groups in total. The summed E-state index contributed by atoms with van der Waals surface area (Å²) in [5.74, 6) is 0.342. The van der Waals surface area contributed by atoms with Gasteiger partial charge in [-0.25, -0.2) is 0 Å². The van der Waals surface area contributed by atoms with Crippen LogP contribution >= 0.6 is 0 Å². The lowest BCUT2D eigenvalue weighted by Crippen LogP contribution is -2.43. The Hall–Kier alpha value is -3.36. The number of aryl methyl sites for hydroxylation is 1. The Labute approximate surface area is 197 Å². The van der Waals surface area contributed by atoms with Crippen molar-refractivity contribution in [2.45, 2.75) is 31.7 Å². The lowest BCUT2D eigenvalue weighted by molar-refractivity contribution is 0.172. The van der Waals surface area contributed by atoms with Crippen LogP contribution in [-0.4, -0.2) is 23.1 Å². The van der Waals surface area contributed by atoms with Crippen LogP contribution in [-0.2, 0) is 12.0 Å². The molecule has 1 heterocycles. The first-order valence-electron chi connectivity index (χ1n) is 11.9. The summed E-state index contributed by atoms with van der Waals surface area (Å²) in [7, 11) is 0. The van der Waals surface area contributed by atoms with Gasteiger partial charge in [0.15, 0.2) is 0 Å². The van der Waals surface area contributed by atoms with Crippen molar-refractivity contribution in [2.75, 3.05) is 13.1 Å². The van der Waals surface area contributed by atoms with Gasteiger partial charge in [0.05, 0.1) is 0 Å². The third-order valence-corrected chi connectivity index (χ3v) is 7.18. The first kappa shape index (κ1) is 21.5. The highest BCUT2D eigenvalue weighted by atomic mass is 16.3. The van der Waals surface area contributed by atoms with Crippen molar-refractivity contribution in [3.8, 4) is 16.9 Å². The molecule has 33 heavy (non-hydrogen) atoms. The van der Waals surface area contributed by atoms with E-state index in [0.29, 0.717) is 5.75 Å². The van der Waals surface area contributed by atoms with Crippen molar-refractivity contribution in [1.29, 1.82) is 0 Å². The lowest BCUT2D eigenvalue weighted by atomic mass is 9.68. The van der Waals surface area contributed by atoms with Gasteiger partial charge in [0.2, 0.25) is 0 Å². The fraction of sp³-hybridized carbons (Fsp3) is 0.226. The first-order valence-corrected chi connectivity index (χ1v) is 11.9. The topological polar surface area (TPSA) is 23.5 Å². The van der Waals surface area contributed by atoms with E-state index in [0.717, 1.165) is 32.5 Å². The van der Waals surface area contributed by atoms with E-state index in [1.165, 1.54) is 33.4 Å². The second kappa shape index (κ2) is 9.25. The molecule has 0 aromatic heterocycles. The van der Waals surface area contributed by atoms with Crippen LogP contribution < -0.4 is 0 Å². The third kappa shape index (κ3) is 4.58. The van der Waals surface area contributed by atoms with Crippen molar-refractivity contribution in [3.63, 3.8) is 0 Å². The fourth-order valence-electron chi connectivity index (χ4n) is 5.21. The quantitative estimate of drug-likeness (QED) is 0.368. The molecule has 0 atom stereocenters. The molecule has 0 unspecified atom stereocenters. The molecule has 0 spiro atoms. The van der Waals surface area contributed by atoms with E-state index in [4.69, 9.17) is 0 Å². The van der Waals surface area contributed by atoms with Crippen molar-refractivity contribution < 1.29 is 5.11 Å². The largest absolute Gasteiger partial charge is 0.508 e. The molecule has 4 aromatic carbocycles. The summed E-state index contributed by atoms with van der Waals surface area (Å²) in [6, 6.07) is 36.4. The second-order valence-electron chi connectivity index (χ2n) is 9.34. The van der Waals surface area contributed by atoms with Gasteiger partial charge in [-0.1, -0.05) is 96.6 Å². The molecule has 1 saturated heterocycles. The van der Waals surface area contributed by atoms with Crippen LogP contribution in [0.1, 0.15) is 35.1 Å². The summed E-state index contributed by atoms with van der Waals surface area (Å²) in [6.45, 7) is 5.17. The van der Waals surface area contributed by atoms with Gasteiger partial charge in [-0.2, -0.15) is 0 Å². The Kier molecular flexibility index (Phi) is 6.02. The molecule has 1 aliphatic rings. The molecule has 0 radical (unpaired) electrons. The van der Waals surface area contributed by atoms with Gasteiger partial charge in [-0.3, -0.25) is 4.90 Å². The minimum Gasteiger partial charge on any atom is -0.508 e. The van der Waals surface area contributed by atoms with Crippen molar-refractivity contribution in [3.05, 3.63) is 125 Å². The molecule has 0 saturated carbocycles. The lowest BCUT2D eigenvalue weighted by Gasteiger charge is -2.43. The molecule has 0 bridgehead atoms. The smallest absolute Gasteiger partial charge is 0.115 e. The number of likely N-dealkylation sites (tertiary alicyclic amines) is 1. The highest BCUT2D eigenvalue weighted by molar-refractivity contribution is 5.64. The van der Waals surface area contributed by atoms with E-state index in [1.807, 2.05) is 12.1 Å². The third-order valence-electron chi connectivity index (χ3n) is 7.18. The van der Waals surface area contributed by atoms with Crippen molar-refractivity contribution >= 4 is 0 Å². The highest BCUT2D eigenvalue weighted by Gasteiger charge is 2.38. The predicted octanol–water partition coefficient (Wildman–Crippen LogP) is 6.95. The summed E-state index contributed by atoms with van der Waals surface area (Å²) in [6.07, 6.45) is 2.07. The van der Waals surface area contributed by atoms with Gasteiger partial charge >= 0.3 is 0 Å². The number of phenolic OH excluding ortho intramolecular Hbond substituents is 1. The number of benzene rings is 4. The Morgan fingerprint density at radius 3 is 1.97 bits per heavy atom. The van der Waals surface area contributed by atoms with E-state index in [9.17, 15) is 5.11 Å². The van der Waals surface area contributed by atoms with Crippen LogP contribution in [0.25, 0.3) is 11.1 Å². The summed E-state index contributed by atoms with van der Waals surface area (Å²) in [5, 5.41) is 10.3. The van der Waals surface area contributed by atoms with Crippen molar-refractivity contribution in [2.24, 2.45) is 0 Å². The number of nitrogens with zero attached hydrogens (tertiary/aromatic N) is 1. The predicted molar refractivity (Wildman–Crippen MR) is 136 cm³/mol. The zero-order chi connectivity index (χ0) is 22.7. The van der Waals surface area contributed by atoms with E-state index in [1.54, 1.807) is 6.07 Å². The summed E-state index contributed by atoms with van der Waals surface area (Å²) >= 11 is 0. The van der Waals surface area contributed by atoms with Crippen LogP contribution in [0.5, 0.6) is 5.75 Å². The van der Waals surface area contributed by atoms with E-state index in [-0.39, 0.29) is 5.41 Å². The molecule has 166 valence electrons. The van der Waals surface area contributed by atoms with E-state index < -0.39 is 0 Å². The molecule has 1 aliphatic heterocycles. The number of rotatable bonds is 5. The zero-order valence-corrected chi connectivity index (χ0v) is 19.2. The van der Waals surface area contributed by atoms with Gasteiger partial charge in [-0.05, 0) is 72.8 Å². The number of phenols is 1. The zero-order valence-electron chi connectivity index (χ0n) is 19.2. The standard InChI is InChI=1S/C31H31NO/c1-24-10-12-26(13-11-24)27-14-16-28(17-15-27)31(29-8-5-9-30(33)22-29)18-20-32(21-19-31)23-25-6-3-2-4-7-25/h2-17,22,33H,18-21,23H2,1H3. The number of hydrogen-bond donors (Lipinski definition) is 1. The van der Waals surface area contributed by atoms with Gasteiger partial charge in [-0.15, -0.1) is 0 Å². The summed E-state index contributed by atoms with van der Waals surface area (Å²) < 4.78 is 0. The molecule has 2 heteroatoms. The molecule has 0 amide bonds.